The van der Waals surface area contributed by atoms with E-state index in [1.807, 2.05) is 0 Å². The molecule has 0 aromatic heterocycles. The Morgan fingerprint density at radius 3 is 2.18 bits per heavy atom. The van der Waals surface area contributed by atoms with Crippen LogP contribution in [0.25, 0.3) is 0 Å². The maximum atomic E-state index is 12.7. The highest BCUT2D eigenvalue weighted by Gasteiger charge is 2.31. The molecule has 0 heterocycles. The zero-order valence-electron chi connectivity index (χ0n) is 18.2. The number of halogens is 3. The first kappa shape index (κ1) is 26.1. The van der Waals surface area contributed by atoms with Crippen molar-refractivity contribution in [3.05, 3.63) is 54.1 Å². The summed E-state index contributed by atoms with van der Waals surface area (Å²) in [4.78, 5) is 26.0. The van der Waals surface area contributed by atoms with Gasteiger partial charge in [0.1, 0.15) is 5.75 Å². The number of hydrogen-bond donors (Lipinski definition) is 1. The summed E-state index contributed by atoms with van der Waals surface area (Å²) in [6.45, 7) is 3.60. The number of sulfonamides is 1. The molecule has 0 aliphatic carbocycles. The Bertz CT molecular complexity index is 1090. The number of alkyl halides is 3. The van der Waals surface area contributed by atoms with Gasteiger partial charge in [-0.05, 0) is 42.5 Å². The maximum absolute atomic E-state index is 12.7. The molecule has 2 aromatic rings. The molecule has 0 atom stereocenters. The largest absolute Gasteiger partial charge is 0.573 e. The molecule has 0 saturated carbocycles. The molecule has 0 aliphatic rings. The van der Waals surface area contributed by atoms with Crippen LogP contribution in [0.3, 0.4) is 0 Å². The Morgan fingerprint density at radius 1 is 1.03 bits per heavy atom. The minimum Gasteiger partial charge on any atom is -0.406 e. The minimum absolute atomic E-state index is 0.0314. The van der Waals surface area contributed by atoms with Gasteiger partial charge in [-0.25, -0.2) is 8.42 Å². The average molecular weight is 488 g/mol. The molecule has 180 valence electrons. The Morgan fingerprint density at radius 2 is 1.64 bits per heavy atom. The highest BCUT2D eigenvalue weighted by atomic mass is 32.2. The van der Waals surface area contributed by atoms with E-state index in [2.05, 4.69) is 10.1 Å². The number of amides is 2. The summed E-state index contributed by atoms with van der Waals surface area (Å²) < 4.78 is 67.0. The molecule has 12 heteroatoms. The summed E-state index contributed by atoms with van der Waals surface area (Å²) in [5.74, 6) is -1.61. The number of likely N-dealkylation sites (N-methyl/N-ethyl adjacent to an activating group) is 1. The molecule has 2 aromatic carbocycles. The first-order chi connectivity index (χ1) is 15.4. The van der Waals surface area contributed by atoms with Crippen molar-refractivity contribution in [2.45, 2.75) is 25.1 Å². The smallest absolute Gasteiger partial charge is 0.406 e. The quantitative estimate of drug-likeness (QED) is 0.586. The van der Waals surface area contributed by atoms with Crippen molar-refractivity contribution in [2.75, 3.05) is 32.0 Å². The molecule has 33 heavy (non-hydrogen) atoms. The van der Waals surface area contributed by atoms with Crippen molar-refractivity contribution in [3.63, 3.8) is 0 Å². The molecule has 0 radical (unpaired) electrons. The molecule has 0 fully saturated rings. The van der Waals surface area contributed by atoms with E-state index in [9.17, 15) is 31.2 Å². The maximum Gasteiger partial charge on any atom is 0.573 e. The van der Waals surface area contributed by atoms with Crippen LogP contribution in [-0.4, -0.2) is 62.5 Å². The van der Waals surface area contributed by atoms with Crippen LogP contribution >= 0.6 is 0 Å². The molecular formula is C21H24F3N3O5S. The number of carbonyl (C=O) groups excluding carboxylic acids is 2. The number of benzene rings is 2. The van der Waals surface area contributed by atoms with Crippen LogP contribution in [0.1, 0.15) is 24.2 Å². The van der Waals surface area contributed by atoms with Crippen LogP contribution in [0.4, 0.5) is 18.9 Å². The third-order valence-corrected chi connectivity index (χ3v) is 6.57. The molecule has 2 amide bonds. The fraction of sp³-hybridized carbons (Fsp3) is 0.333. The lowest BCUT2D eigenvalue weighted by Gasteiger charge is -2.20. The fourth-order valence-corrected chi connectivity index (χ4v) is 4.45. The molecule has 1 N–H and O–H groups in total. The highest BCUT2D eigenvalue weighted by molar-refractivity contribution is 7.89. The van der Waals surface area contributed by atoms with E-state index >= 15 is 0 Å². The van der Waals surface area contributed by atoms with Gasteiger partial charge in [0.05, 0.1) is 11.4 Å². The van der Waals surface area contributed by atoms with Gasteiger partial charge in [-0.3, -0.25) is 9.59 Å². The number of hydrogen-bond acceptors (Lipinski definition) is 5. The van der Waals surface area contributed by atoms with Gasteiger partial charge < -0.3 is 15.0 Å². The zero-order valence-corrected chi connectivity index (χ0v) is 19.0. The standard InChI is InChI=1S/C21H24F3N3O5S/c1-4-27(5-2)33(30,31)18-8-6-7-15(13-18)20(29)26(3)14-19(28)25-16-9-11-17(12-10-16)32-21(22,23)24/h6-13H,4-5,14H2,1-3H3,(H,25,28). The molecule has 0 bridgehead atoms. The minimum atomic E-state index is -4.82. The topological polar surface area (TPSA) is 96.0 Å². The van der Waals surface area contributed by atoms with Crippen LogP contribution in [-0.2, 0) is 14.8 Å². The lowest BCUT2D eigenvalue weighted by atomic mass is 10.2. The molecule has 0 aliphatic heterocycles. The van der Waals surface area contributed by atoms with Crippen molar-refractivity contribution in [2.24, 2.45) is 0 Å². The predicted octanol–water partition coefficient (Wildman–Crippen LogP) is 3.33. The Labute approximate surface area is 190 Å². The van der Waals surface area contributed by atoms with Gasteiger partial charge in [0, 0.05) is 31.4 Å². The number of anilines is 1. The summed E-state index contributed by atoms with van der Waals surface area (Å²) in [7, 11) is -2.39. The van der Waals surface area contributed by atoms with Gasteiger partial charge >= 0.3 is 6.36 Å². The first-order valence-electron chi connectivity index (χ1n) is 9.88. The van der Waals surface area contributed by atoms with Crippen LogP contribution in [0.2, 0.25) is 0 Å². The van der Waals surface area contributed by atoms with Gasteiger partial charge in [0.2, 0.25) is 15.9 Å². The van der Waals surface area contributed by atoms with Gasteiger partial charge in [0.25, 0.3) is 5.91 Å². The van der Waals surface area contributed by atoms with E-state index in [1.165, 1.54) is 47.8 Å². The van der Waals surface area contributed by atoms with Crippen molar-refractivity contribution in [1.82, 2.24) is 9.21 Å². The van der Waals surface area contributed by atoms with Crippen LogP contribution < -0.4 is 10.1 Å². The van der Waals surface area contributed by atoms with Gasteiger partial charge in [-0.1, -0.05) is 19.9 Å². The van der Waals surface area contributed by atoms with Gasteiger partial charge in [-0.2, -0.15) is 4.31 Å². The van der Waals surface area contributed by atoms with Crippen LogP contribution in [0.5, 0.6) is 5.75 Å². The van der Waals surface area contributed by atoms with Crippen LogP contribution in [0, 0.1) is 0 Å². The van der Waals surface area contributed by atoms with E-state index < -0.39 is 33.9 Å². The van der Waals surface area contributed by atoms with Crippen LogP contribution in [0.15, 0.2) is 53.4 Å². The summed E-state index contributed by atoms with van der Waals surface area (Å²) in [6, 6.07) is 10.1. The molecular weight excluding hydrogens is 463 g/mol. The second-order valence-corrected chi connectivity index (χ2v) is 8.84. The second-order valence-electron chi connectivity index (χ2n) is 6.90. The molecule has 2 rings (SSSR count). The Balaban J connectivity index is 2.05. The SMILES string of the molecule is CCN(CC)S(=O)(=O)c1cccc(C(=O)N(C)CC(=O)Nc2ccc(OC(F)(F)F)cc2)c1. The van der Waals surface area contributed by atoms with E-state index in [1.54, 1.807) is 13.8 Å². The summed E-state index contributed by atoms with van der Waals surface area (Å²) in [5, 5.41) is 2.46. The van der Waals surface area contributed by atoms with Crippen molar-refractivity contribution >= 4 is 27.5 Å². The lowest BCUT2D eigenvalue weighted by molar-refractivity contribution is -0.274. The van der Waals surface area contributed by atoms with Crippen molar-refractivity contribution in [3.8, 4) is 5.75 Å². The van der Waals surface area contributed by atoms with Gasteiger partial charge in [-0.15, -0.1) is 13.2 Å². The molecule has 0 spiro atoms. The summed E-state index contributed by atoms with van der Waals surface area (Å²) >= 11 is 0. The Hall–Kier alpha value is -3.12. The van der Waals surface area contributed by atoms with E-state index in [4.69, 9.17) is 0 Å². The van der Waals surface area contributed by atoms with Crippen molar-refractivity contribution in [1.29, 1.82) is 0 Å². The van der Waals surface area contributed by atoms with E-state index in [0.717, 1.165) is 17.0 Å². The second kappa shape index (κ2) is 10.7. The number of nitrogens with one attached hydrogen (secondary N) is 1. The zero-order chi connectivity index (χ0) is 24.8. The number of ether oxygens (including phenoxy) is 1. The third-order valence-electron chi connectivity index (χ3n) is 4.52. The van der Waals surface area contributed by atoms with Gasteiger partial charge in [0.15, 0.2) is 0 Å². The predicted molar refractivity (Wildman–Crippen MR) is 115 cm³/mol. The molecule has 0 unspecified atom stereocenters. The summed E-state index contributed by atoms with van der Waals surface area (Å²) in [5.41, 5.74) is 0.301. The number of carbonyl (C=O) groups is 2. The Kier molecular flexibility index (Phi) is 8.45. The lowest BCUT2D eigenvalue weighted by Crippen LogP contribution is -2.35. The van der Waals surface area contributed by atoms with E-state index in [-0.39, 0.29) is 35.8 Å². The fourth-order valence-electron chi connectivity index (χ4n) is 2.95. The highest BCUT2D eigenvalue weighted by Crippen LogP contribution is 2.24. The summed E-state index contributed by atoms with van der Waals surface area (Å²) in [6.07, 6.45) is -4.82. The number of rotatable bonds is 9. The normalized spacial score (nSPS) is 11.8. The van der Waals surface area contributed by atoms with Crippen molar-refractivity contribution < 1.29 is 35.9 Å². The van der Waals surface area contributed by atoms with E-state index in [0.29, 0.717) is 0 Å². The monoisotopic (exact) mass is 487 g/mol. The first-order valence-corrected chi connectivity index (χ1v) is 11.3. The number of nitrogens with zero attached hydrogens (tertiary/aromatic N) is 2. The molecule has 0 saturated heterocycles. The third kappa shape index (κ3) is 7.19. The molecule has 8 nitrogen and oxygen atoms in total. The average Bonchev–Trinajstić information content (AvgIpc) is 2.74.